The van der Waals surface area contributed by atoms with Gasteiger partial charge in [-0.3, -0.25) is 19.4 Å². The van der Waals surface area contributed by atoms with E-state index in [-0.39, 0.29) is 50.8 Å². The van der Waals surface area contributed by atoms with E-state index in [1.165, 1.54) is 26.4 Å². The van der Waals surface area contributed by atoms with Gasteiger partial charge in [-0.25, -0.2) is 0 Å². The number of carboxylic acid groups (broad SMARTS) is 2. The third kappa shape index (κ3) is 7.64. The number of aliphatic carboxylic acids is 2. The van der Waals surface area contributed by atoms with E-state index in [1.54, 1.807) is 34.1 Å². The summed E-state index contributed by atoms with van der Waals surface area (Å²) in [5.74, 6) is -1.05. The molecule has 0 saturated heterocycles. The highest BCUT2D eigenvalue weighted by Crippen LogP contribution is 2.25. The Morgan fingerprint density at radius 1 is 0.750 bits per heavy atom. The average molecular weight is 448 g/mol. The van der Waals surface area contributed by atoms with Crippen molar-refractivity contribution in [3.8, 4) is 23.0 Å². The summed E-state index contributed by atoms with van der Waals surface area (Å²) >= 11 is 0. The smallest absolute Gasteiger partial charge is 0.317 e. The van der Waals surface area contributed by atoms with E-state index in [4.69, 9.17) is 9.47 Å². The van der Waals surface area contributed by atoms with Gasteiger partial charge >= 0.3 is 11.9 Å². The quantitative estimate of drug-likeness (QED) is 0.357. The first-order valence-electron chi connectivity index (χ1n) is 9.82. The fourth-order valence-electron chi connectivity index (χ4n) is 3.21. The molecule has 0 atom stereocenters. The molecule has 0 amide bonds. The van der Waals surface area contributed by atoms with E-state index < -0.39 is 11.9 Å². The van der Waals surface area contributed by atoms with Gasteiger partial charge in [0.1, 0.15) is 23.0 Å². The van der Waals surface area contributed by atoms with Crippen molar-refractivity contribution in [2.45, 2.75) is 13.1 Å². The lowest BCUT2D eigenvalue weighted by atomic mass is 10.1. The lowest BCUT2D eigenvalue weighted by Gasteiger charge is -2.26. The van der Waals surface area contributed by atoms with Crippen LogP contribution >= 0.6 is 0 Å². The van der Waals surface area contributed by atoms with Crippen LogP contribution < -0.4 is 9.47 Å². The van der Waals surface area contributed by atoms with Crippen LogP contribution in [0.2, 0.25) is 0 Å². The minimum atomic E-state index is -1.05. The molecule has 10 heteroatoms. The number of rotatable bonds is 13. The maximum atomic E-state index is 11.4. The molecule has 0 unspecified atom stereocenters. The van der Waals surface area contributed by atoms with Gasteiger partial charge in [-0.15, -0.1) is 0 Å². The van der Waals surface area contributed by atoms with Gasteiger partial charge in [0.25, 0.3) is 0 Å². The number of hydrogen-bond acceptors (Lipinski definition) is 8. The van der Waals surface area contributed by atoms with Crippen LogP contribution in [0.25, 0.3) is 0 Å². The normalized spacial score (nSPS) is 11.0. The summed E-state index contributed by atoms with van der Waals surface area (Å²) in [5.41, 5.74) is 0.974. The second-order valence-corrected chi connectivity index (χ2v) is 7.20. The summed E-state index contributed by atoms with van der Waals surface area (Å²) in [6.45, 7) is 0.0627. The van der Waals surface area contributed by atoms with Gasteiger partial charge < -0.3 is 29.9 Å². The number of ether oxygens (including phenoxy) is 2. The number of hydrogen-bond donors (Lipinski definition) is 4. The lowest BCUT2D eigenvalue weighted by molar-refractivity contribution is -0.140. The molecular formula is C22H28N2O8. The average Bonchev–Trinajstić information content (AvgIpc) is 2.74. The van der Waals surface area contributed by atoms with Crippen LogP contribution in [-0.4, -0.2) is 82.6 Å². The number of carboxylic acids is 2. The summed E-state index contributed by atoms with van der Waals surface area (Å²) in [6, 6.07) is 9.36. The second kappa shape index (κ2) is 11.8. The maximum Gasteiger partial charge on any atom is 0.317 e. The van der Waals surface area contributed by atoms with E-state index in [2.05, 4.69) is 0 Å². The third-order valence-electron chi connectivity index (χ3n) is 4.81. The summed E-state index contributed by atoms with van der Waals surface area (Å²) in [4.78, 5) is 25.9. The summed E-state index contributed by atoms with van der Waals surface area (Å²) < 4.78 is 10.3. The van der Waals surface area contributed by atoms with Crippen molar-refractivity contribution in [2.75, 3.05) is 40.4 Å². The largest absolute Gasteiger partial charge is 0.508 e. The molecule has 10 nitrogen and oxygen atoms in total. The molecule has 0 aliphatic carbocycles. The molecule has 32 heavy (non-hydrogen) atoms. The minimum Gasteiger partial charge on any atom is -0.508 e. The van der Waals surface area contributed by atoms with Crippen molar-refractivity contribution in [3.63, 3.8) is 0 Å². The van der Waals surface area contributed by atoms with Gasteiger partial charge in [0.05, 0.1) is 27.3 Å². The van der Waals surface area contributed by atoms with Gasteiger partial charge in [0, 0.05) is 37.3 Å². The predicted molar refractivity (Wildman–Crippen MR) is 115 cm³/mol. The first-order valence-corrected chi connectivity index (χ1v) is 9.82. The Labute approximate surface area is 185 Å². The molecule has 0 aliphatic heterocycles. The predicted octanol–water partition coefficient (Wildman–Crippen LogP) is 1.59. The number of benzene rings is 2. The van der Waals surface area contributed by atoms with E-state index in [0.717, 1.165) is 0 Å². The fourth-order valence-corrected chi connectivity index (χ4v) is 3.21. The van der Waals surface area contributed by atoms with Crippen molar-refractivity contribution >= 4 is 11.9 Å². The van der Waals surface area contributed by atoms with E-state index >= 15 is 0 Å². The van der Waals surface area contributed by atoms with E-state index in [9.17, 15) is 30.0 Å². The van der Waals surface area contributed by atoms with Crippen molar-refractivity contribution in [3.05, 3.63) is 47.5 Å². The van der Waals surface area contributed by atoms with E-state index in [0.29, 0.717) is 22.6 Å². The molecule has 2 aromatic carbocycles. The van der Waals surface area contributed by atoms with Gasteiger partial charge in [0.2, 0.25) is 0 Å². The number of phenolic OH excluding ortho intramolecular Hbond substituents is 2. The molecule has 174 valence electrons. The van der Waals surface area contributed by atoms with E-state index in [1.807, 2.05) is 0 Å². The fraction of sp³-hybridized carbons (Fsp3) is 0.364. The number of aromatic hydroxyl groups is 2. The minimum absolute atomic E-state index is 0.00452. The molecule has 0 heterocycles. The highest BCUT2D eigenvalue weighted by molar-refractivity contribution is 5.69. The zero-order valence-corrected chi connectivity index (χ0v) is 18.0. The van der Waals surface area contributed by atoms with Crippen LogP contribution in [0.1, 0.15) is 11.1 Å². The lowest BCUT2D eigenvalue weighted by Crippen LogP contribution is -2.39. The highest BCUT2D eigenvalue weighted by atomic mass is 16.5. The van der Waals surface area contributed by atoms with Crippen LogP contribution in [-0.2, 0) is 22.7 Å². The molecular weight excluding hydrogens is 420 g/mol. The Kier molecular flexibility index (Phi) is 9.11. The number of carbonyl (C=O) groups is 2. The Hall–Kier alpha value is -3.50. The van der Waals surface area contributed by atoms with Crippen molar-refractivity contribution < 1.29 is 39.5 Å². The van der Waals surface area contributed by atoms with Crippen LogP contribution in [0.15, 0.2) is 36.4 Å². The summed E-state index contributed by atoms with van der Waals surface area (Å²) in [7, 11) is 2.98. The monoisotopic (exact) mass is 448 g/mol. The molecule has 0 bridgehead atoms. The van der Waals surface area contributed by atoms with Crippen LogP contribution in [0.3, 0.4) is 0 Å². The van der Waals surface area contributed by atoms with Crippen molar-refractivity contribution in [1.29, 1.82) is 0 Å². The molecule has 4 N–H and O–H groups in total. The Balaban J connectivity index is 2.16. The van der Waals surface area contributed by atoms with Gasteiger partial charge in [-0.2, -0.15) is 0 Å². The van der Waals surface area contributed by atoms with Gasteiger partial charge in [-0.05, 0) is 36.4 Å². The molecule has 0 saturated carbocycles. The third-order valence-corrected chi connectivity index (χ3v) is 4.81. The molecule has 0 aromatic heterocycles. The SMILES string of the molecule is COc1ccc(O)c(CN(CCN(CC(=O)O)Cc2cc(OC)ccc2O)CC(=O)O)c1. The first-order chi connectivity index (χ1) is 15.2. The van der Waals surface area contributed by atoms with Crippen molar-refractivity contribution in [1.82, 2.24) is 9.80 Å². The maximum absolute atomic E-state index is 11.4. The topological polar surface area (TPSA) is 140 Å². The van der Waals surface area contributed by atoms with Crippen molar-refractivity contribution in [2.24, 2.45) is 0 Å². The molecule has 2 rings (SSSR count). The molecule has 0 spiro atoms. The van der Waals surface area contributed by atoms with Crippen LogP contribution in [0.5, 0.6) is 23.0 Å². The highest BCUT2D eigenvalue weighted by Gasteiger charge is 2.18. The van der Waals surface area contributed by atoms with Gasteiger partial charge in [0.15, 0.2) is 0 Å². The number of methoxy groups -OCH3 is 2. The zero-order valence-electron chi connectivity index (χ0n) is 18.0. The van der Waals surface area contributed by atoms with Gasteiger partial charge in [-0.1, -0.05) is 0 Å². The number of phenols is 2. The molecule has 0 aliphatic rings. The zero-order chi connectivity index (χ0) is 23.7. The van der Waals surface area contributed by atoms with Crippen LogP contribution in [0, 0.1) is 0 Å². The Bertz CT molecular complexity index is 859. The molecule has 0 fully saturated rings. The Morgan fingerprint density at radius 2 is 1.12 bits per heavy atom. The first kappa shape index (κ1) is 24.8. The molecule has 0 radical (unpaired) electrons. The number of nitrogens with zero attached hydrogens (tertiary/aromatic N) is 2. The summed E-state index contributed by atoms with van der Waals surface area (Å²) in [6.07, 6.45) is 0. The molecule has 2 aromatic rings. The second-order valence-electron chi connectivity index (χ2n) is 7.20. The summed E-state index contributed by atoms with van der Waals surface area (Å²) in [5, 5.41) is 38.8. The van der Waals surface area contributed by atoms with Crippen LogP contribution in [0.4, 0.5) is 0 Å². The standard InChI is InChI=1S/C22H28N2O8/c1-31-17-3-5-19(25)15(9-17)11-23(13-21(27)28)7-8-24(14-22(29)30)12-16-10-18(32-2)4-6-20(16)26/h3-6,9-10,25-26H,7-8,11-14H2,1-2H3,(H,27,28)(H,29,30). The Morgan fingerprint density at radius 3 is 1.44 bits per heavy atom.